The summed E-state index contributed by atoms with van der Waals surface area (Å²) in [6, 6.07) is 1.40. The van der Waals surface area contributed by atoms with Crippen molar-refractivity contribution in [3.8, 4) is 0 Å². The van der Waals surface area contributed by atoms with E-state index < -0.39 is 5.82 Å². The summed E-state index contributed by atoms with van der Waals surface area (Å²) in [5, 5.41) is 0. The smallest absolute Gasteiger partial charge is 0.257 e. The number of amides is 1. The Balaban J connectivity index is 2.06. The predicted octanol–water partition coefficient (Wildman–Crippen LogP) is 2.16. The number of hydrazine groups is 1. The van der Waals surface area contributed by atoms with Crippen molar-refractivity contribution in [2.75, 3.05) is 18.5 Å². The van der Waals surface area contributed by atoms with E-state index in [2.05, 4.69) is 17.3 Å². The molecule has 6 heteroatoms. The number of nitrogen functional groups attached to an aromatic ring is 1. The second-order valence-electron chi connectivity index (χ2n) is 5.19. The fraction of sp³-hybridized carbons (Fsp3) is 0.571. The highest BCUT2D eigenvalue weighted by atomic mass is 19.1. The van der Waals surface area contributed by atoms with E-state index in [9.17, 15) is 9.18 Å². The number of carbonyl (C=O) groups excluding carboxylic acids is 1. The first-order valence-electron chi connectivity index (χ1n) is 7.07. The van der Waals surface area contributed by atoms with Crippen LogP contribution >= 0.6 is 0 Å². The van der Waals surface area contributed by atoms with Gasteiger partial charge in [0.05, 0.1) is 5.56 Å². The minimum absolute atomic E-state index is 0.0295. The number of aromatic nitrogens is 1. The molecule has 0 aliphatic carbocycles. The van der Waals surface area contributed by atoms with Gasteiger partial charge in [0.2, 0.25) is 0 Å². The highest BCUT2D eigenvalue weighted by molar-refractivity contribution is 5.95. The quantitative estimate of drug-likeness (QED) is 0.655. The molecule has 20 heavy (non-hydrogen) atoms. The number of nitrogens with zero attached hydrogens (tertiary/aromatic N) is 2. The normalized spacial score (nSPS) is 16.2. The zero-order valence-corrected chi connectivity index (χ0v) is 11.7. The number of hydrogen-bond acceptors (Lipinski definition) is 4. The van der Waals surface area contributed by atoms with E-state index in [4.69, 9.17) is 5.84 Å². The molecule has 1 saturated heterocycles. The minimum Gasteiger partial charge on any atom is -0.339 e. The summed E-state index contributed by atoms with van der Waals surface area (Å²) in [6.07, 6.45) is 5.74. The van der Waals surface area contributed by atoms with Gasteiger partial charge in [0, 0.05) is 19.3 Å². The summed E-state index contributed by atoms with van der Waals surface area (Å²) < 4.78 is 14.0. The van der Waals surface area contributed by atoms with Crippen LogP contribution in [0.4, 0.5) is 10.2 Å². The molecule has 1 fully saturated rings. The van der Waals surface area contributed by atoms with Crippen molar-refractivity contribution in [2.24, 2.45) is 11.8 Å². The average Bonchev–Trinajstić information content (AvgIpc) is 2.48. The molecule has 1 aromatic heterocycles. The van der Waals surface area contributed by atoms with Crippen LogP contribution in [0.5, 0.6) is 0 Å². The van der Waals surface area contributed by atoms with Crippen LogP contribution < -0.4 is 11.3 Å². The first-order chi connectivity index (χ1) is 9.67. The maximum absolute atomic E-state index is 14.0. The van der Waals surface area contributed by atoms with Crippen LogP contribution in [0.25, 0.3) is 0 Å². The fourth-order valence-corrected chi connectivity index (χ4v) is 2.71. The Bertz CT molecular complexity index is 472. The number of pyridine rings is 1. The van der Waals surface area contributed by atoms with Gasteiger partial charge in [0.25, 0.3) is 5.91 Å². The fourth-order valence-electron chi connectivity index (χ4n) is 2.71. The summed E-state index contributed by atoms with van der Waals surface area (Å²) >= 11 is 0. The molecule has 1 aliphatic heterocycles. The molecule has 110 valence electrons. The van der Waals surface area contributed by atoms with E-state index in [-0.39, 0.29) is 17.3 Å². The van der Waals surface area contributed by atoms with Crippen molar-refractivity contribution in [1.29, 1.82) is 0 Å². The van der Waals surface area contributed by atoms with E-state index in [0.717, 1.165) is 12.8 Å². The van der Waals surface area contributed by atoms with Crippen molar-refractivity contribution < 1.29 is 9.18 Å². The average molecular weight is 280 g/mol. The van der Waals surface area contributed by atoms with Gasteiger partial charge >= 0.3 is 0 Å². The highest BCUT2D eigenvalue weighted by Crippen LogP contribution is 2.24. The molecule has 1 aliphatic rings. The molecule has 1 aromatic rings. The summed E-state index contributed by atoms with van der Waals surface area (Å²) in [7, 11) is 0. The summed E-state index contributed by atoms with van der Waals surface area (Å²) in [5.74, 6) is 4.79. The van der Waals surface area contributed by atoms with Crippen LogP contribution in [0.15, 0.2) is 12.3 Å². The second-order valence-corrected chi connectivity index (χ2v) is 5.19. The molecule has 0 atom stereocenters. The van der Waals surface area contributed by atoms with Gasteiger partial charge in [-0.15, -0.1) is 0 Å². The first kappa shape index (κ1) is 14.7. The SMILES string of the molecule is CCCC1CCN(C(=O)c2ccnc(NN)c2F)CC1. The lowest BCUT2D eigenvalue weighted by atomic mass is 9.92. The third kappa shape index (κ3) is 3.07. The molecule has 0 spiro atoms. The number of piperidine rings is 1. The van der Waals surface area contributed by atoms with Crippen LogP contribution in [0.3, 0.4) is 0 Å². The van der Waals surface area contributed by atoms with Crippen LogP contribution in [0.1, 0.15) is 43.0 Å². The number of nitrogens with two attached hydrogens (primary N) is 1. The van der Waals surface area contributed by atoms with Gasteiger partial charge in [-0.25, -0.2) is 15.2 Å². The lowest BCUT2D eigenvalue weighted by Gasteiger charge is -2.32. The summed E-state index contributed by atoms with van der Waals surface area (Å²) in [6.45, 7) is 3.55. The van der Waals surface area contributed by atoms with Crippen molar-refractivity contribution >= 4 is 11.7 Å². The lowest BCUT2D eigenvalue weighted by molar-refractivity contribution is 0.0682. The number of likely N-dealkylation sites (tertiary alicyclic amines) is 1. The monoisotopic (exact) mass is 280 g/mol. The minimum atomic E-state index is -0.685. The maximum Gasteiger partial charge on any atom is 0.257 e. The highest BCUT2D eigenvalue weighted by Gasteiger charge is 2.25. The first-order valence-corrected chi connectivity index (χ1v) is 7.07. The van der Waals surface area contributed by atoms with Crippen molar-refractivity contribution in [3.63, 3.8) is 0 Å². The number of halogens is 1. The number of anilines is 1. The van der Waals surface area contributed by atoms with E-state index >= 15 is 0 Å². The molecule has 0 radical (unpaired) electrons. The van der Waals surface area contributed by atoms with Gasteiger partial charge in [-0.05, 0) is 24.8 Å². The van der Waals surface area contributed by atoms with E-state index in [1.807, 2.05) is 0 Å². The maximum atomic E-state index is 14.0. The van der Waals surface area contributed by atoms with Crippen LogP contribution in [-0.2, 0) is 0 Å². The van der Waals surface area contributed by atoms with Crippen molar-refractivity contribution in [3.05, 3.63) is 23.6 Å². The zero-order chi connectivity index (χ0) is 14.5. The zero-order valence-electron chi connectivity index (χ0n) is 11.7. The molecule has 2 rings (SSSR count). The van der Waals surface area contributed by atoms with E-state index in [0.29, 0.717) is 19.0 Å². The number of carbonyl (C=O) groups is 1. The van der Waals surface area contributed by atoms with Gasteiger partial charge in [0.1, 0.15) is 0 Å². The number of hydrogen-bond donors (Lipinski definition) is 2. The van der Waals surface area contributed by atoms with Crippen LogP contribution in [-0.4, -0.2) is 28.9 Å². The molecular weight excluding hydrogens is 259 g/mol. The molecule has 3 N–H and O–H groups in total. The summed E-state index contributed by atoms with van der Waals surface area (Å²) in [4.78, 5) is 17.8. The van der Waals surface area contributed by atoms with Crippen LogP contribution in [0.2, 0.25) is 0 Å². The second kappa shape index (κ2) is 6.65. The topological polar surface area (TPSA) is 71.2 Å². The Morgan fingerprint density at radius 2 is 2.25 bits per heavy atom. The molecule has 2 heterocycles. The van der Waals surface area contributed by atoms with Gasteiger partial charge in [-0.2, -0.15) is 0 Å². The standard InChI is InChI=1S/C14H21FN4O/c1-2-3-10-5-8-19(9-6-10)14(20)11-4-7-17-13(18-16)12(11)15/h4,7,10H,2-3,5-6,8-9,16H2,1H3,(H,17,18). The molecule has 1 amide bonds. The third-order valence-electron chi connectivity index (χ3n) is 3.86. The Morgan fingerprint density at radius 3 is 2.85 bits per heavy atom. The Hall–Kier alpha value is -1.69. The van der Waals surface area contributed by atoms with E-state index in [1.54, 1.807) is 4.90 Å². The van der Waals surface area contributed by atoms with Gasteiger partial charge in [-0.1, -0.05) is 19.8 Å². The molecule has 5 nitrogen and oxygen atoms in total. The van der Waals surface area contributed by atoms with Gasteiger partial charge in [-0.3, -0.25) is 4.79 Å². The van der Waals surface area contributed by atoms with Crippen molar-refractivity contribution in [2.45, 2.75) is 32.6 Å². The molecule has 0 aromatic carbocycles. The number of nitrogens with one attached hydrogen (secondary N) is 1. The molecule has 0 saturated carbocycles. The van der Waals surface area contributed by atoms with Gasteiger partial charge < -0.3 is 10.3 Å². The molecule has 0 unspecified atom stereocenters. The Morgan fingerprint density at radius 1 is 1.55 bits per heavy atom. The Labute approximate surface area is 118 Å². The van der Waals surface area contributed by atoms with Crippen LogP contribution in [0, 0.1) is 11.7 Å². The third-order valence-corrected chi connectivity index (χ3v) is 3.86. The van der Waals surface area contributed by atoms with E-state index in [1.165, 1.54) is 25.1 Å². The predicted molar refractivity (Wildman–Crippen MR) is 75.5 cm³/mol. The van der Waals surface area contributed by atoms with Crippen molar-refractivity contribution in [1.82, 2.24) is 9.88 Å². The number of rotatable bonds is 4. The molecule has 0 bridgehead atoms. The largest absolute Gasteiger partial charge is 0.339 e. The summed E-state index contributed by atoms with van der Waals surface area (Å²) in [5.41, 5.74) is 2.19. The molecular formula is C14H21FN4O. The Kier molecular flexibility index (Phi) is 4.89. The van der Waals surface area contributed by atoms with Gasteiger partial charge in [0.15, 0.2) is 11.6 Å². The lowest BCUT2D eigenvalue weighted by Crippen LogP contribution is -2.39.